The minimum atomic E-state index is -0.274. The number of hydrogen-bond acceptors (Lipinski definition) is 8. The van der Waals surface area contributed by atoms with E-state index in [4.69, 9.17) is 15.5 Å². The number of nitrogens with one attached hydrogen (secondary N) is 2. The second-order valence-electron chi connectivity index (χ2n) is 10.5. The lowest BCUT2D eigenvalue weighted by molar-refractivity contribution is 0.157. The van der Waals surface area contributed by atoms with Crippen LogP contribution in [0.5, 0.6) is 5.75 Å². The lowest BCUT2D eigenvalue weighted by atomic mass is 9.98. The number of pyridine rings is 1. The molecule has 1 unspecified atom stereocenters. The number of H-pyrrole nitrogens is 1. The van der Waals surface area contributed by atoms with E-state index < -0.39 is 0 Å². The molecule has 0 radical (unpaired) electrons. The molecule has 10 heteroatoms. The van der Waals surface area contributed by atoms with Crippen molar-refractivity contribution in [2.75, 3.05) is 24.1 Å². The van der Waals surface area contributed by atoms with Gasteiger partial charge in [-0.1, -0.05) is 30.3 Å². The SMILES string of the molecule is CC(Nc1ncc2c3[nH]nc(N)c3c(=O)n(-c3ccc(CN4CCC4)cc3)c2n1)[C@H]1CCc2ccccc2O1. The first-order valence-electron chi connectivity index (χ1n) is 13.4. The van der Waals surface area contributed by atoms with E-state index in [-0.39, 0.29) is 23.5 Å². The first-order valence-corrected chi connectivity index (χ1v) is 13.4. The van der Waals surface area contributed by atoms with Gasteiger partial charge in [0.15, 0.2) is 11.5 Å². The number of ether oxygens (including phenoxy) is 1. The number of hydrogen-bond donors (Lipinski definition) is 3. The Hall–Kier alpha value is -4.44. The number of aromatic nitrogens is 5. The highest BCUT2D eigenvalue weighted by Gasteiger charge is 2.26. The van der Waals surface area contributed by atoms with Crippen molar-refractivity contribution in [1.82, 2.24) is 29.6 Å². The van der Waals surface area contributed by atoms with Crippen molar-refractivity contribution in [2.24, 2.45) is 0 Å². The zero-order chi connectivity index (χ0) is 26.5. The van der Waals surface area contributed by atoms with Gasteiger partial charge in [0.05, 0.1) is 22.6 Å². The molecule has 4 N–H and O–H groups in total. The van der Waals surface area contributed by atoms with Gasteiger partial charge in [0.1, 0.15) is 17.2 Å². The molecule has 2 aliphatic heterocycles. The standard InChI is InChI=1S/C29H30N8O2/c1-17(22-12-9-19-5-2-3-6-23(19)39-22)32-29-31-15-21-25-24(26(30)35-34-25)28(38)37(27(21)33-29)20-10-7-18(8-11-20)16-36-13-4-14-36/h2-3,5-8,10-11,15,17,22H,4,9,12-14,16H2,1H3,(H3,30,34,35)(H,31,32,33)/t17?,22-/m1/s1. The molecule has 3 aromatic heterocycles. The maximum absolute atomic E-state index is 13.8. The molecule has 2 aromatic carbocycles. The van der Waals surface area contributed by atoms with Gasteiger partial charge in [-0.3, -0.25) is 19.4 Å². The smallest absolute Gasteiger partial charge is 0.270 e. The number of nitrogens with zero attached hydrogens (tertiary/aromatic N) is 5. The van der Waals surface area contributed by atoms with Crippen molar-refractivity contribution >= 4 is 33.7 Å². The van der Waals surface area contributed by atoms with Crippen LogP contribution in [0, 0.1) is 0 Å². The van der Waals surface area contributed by atoms with Crippen LogP contribution in [0.3, 0.4) is 0 Å². The molecule has 10 nitrogen and oxygen atoms in total. The van der Waals surface area contributed by atoms with Gasteiger partial charge in [-0.25, -0.2) is 4.98 Å². The molecule has 1 saturated heterocycles. The summed E-state index contributed by atoms with van der Waals surface area (Å²) in [5.41, 5.74) is 9.98. The Bertz CT molecular complexity index is 1740. The Kier molecular flexibility index (Phi) is 5.70. The number of rotatable bonds is 6. The van der Waals surface area contributed by atoms with E-state index in [1.807, 2.05) is 30.3 Å². The van der Waals surface area contributed by atoms with Gasteiger partial charge in [0, 0.05) is 12.7 Å². The third-order valence-electron chi connectivity index (χ3n) is 7.87. The Balaban J connectivity index is 1.26. The maximum atomic E-state index is 13.8. The molecule has 7 rings (SSSR count). The Labute approximate surface area is 224 Å². The monoisotopic (exact) mass is 522 g/mol. The van der Waals surface area contributed by atoms with Gasteiger partial charge >= 0.3 is 0 Å². The van der Waals surface area contributed by atoms with Crippen LogP contribution in [0.15, 0.2) is 59.5 Å². The quantitative estimate of drug-likeness (QED) is 0.309. The molecule has 1 fully saturated rings. The summed E-state index contributed by atoms with van der Waals surface area (Å²) < 4.78 is 7.87. The summed E-state index contributed by atoms with van der Waals surface area (Å²) in [5, 5.41) is 11.4. The molecule has 0 aliphatic carbocycles. The van der Waals surface area contributed by atoms with E-state index >= 15 is 0 Å². The molecule has 39 heavy (non-hydrogen) atoms. The van der Waals surface area contributed by atoms with Crippen LogP contribution in [-0.2, 0) is 13.0 Å². The van der Waals surface area contributed by atoms with Crippen molar-refractivity contribution in [3.05, 3.63) is 76.2 Å². The second kappa shape index (κ2) is 9.39. The van der Waals surface area contributed by atoms with E-state index in [1.165, 1.54) is 17.5 Å². The lowest BCUT2D eigenvalue weighted by Crippen LogP contribution is -2.38. The lowest BCUT2D eigenvalue weighted by Gasteiger charge is -2.30. The van der Waals surface area contributed by atoms with Crippen molar-refractivity contribution in [2.45, 2.75) is 44.9 Å². The highest BCUT2D eigenvalue weighted by molar-refractivity contribution is 6.05. The molecule has 198 valence electrons. The number of nitrogen functional groups attached to an aromatic ring is 1. The number of para-hydroxylation sites is 1. The van der Waals surface area contributed by atoms with E-state index in [9.17, 15) is 4.79 Å². The average molecular weight is 523 g/mol. The highest BCUT2D eigenvalue weighted by atomic mass is 16.5. The van der Waals surface area contributed by atoms with Crippen molar-refractivity contribution < 1.29 is 4.74 Å². The molecule has 2 atom stereocenters. The summed E-state index contributed by atoms with van der Waals surface area (Å²) in [6.45, 7) is 5.23. The molecule has 0 saturated carbocycles. The second-order valence-corrected chi connectivity index (χ2v) is 10.5. The molecule has 5 heterocycles. The molecule has 0 spiro atoms. The Morgan fingerprint density at radius 2 is 2.00 bits per heavy atom. The number of aryl methyl sites for hydroxylation is 1. The summed E-state index contributed by atoms with van der Waals surface area (Å²) in [4.78, 5) is 25.6. The van der Waals surface area contributed by atoms with Crippen LogP contribution >= 0.6 is 0 Å². The maximum Gasteiger partial charge on any atom is 0.270 e. The van der Waals surface area contributed by atoms with Crippen LogP contribution in [0.1, 0.15) is 30.9 Å². The van der Waals surface area contributed by atoms with E-state index in [0.717, 1.165) is 38.2 Å². The number of anilines is 2. The zero-order valence-electron chi connectivity index (χ0n) is 21.7. The summed E-state index contributed by atoms with van der Waals surface area (Å²) in [5.74, 6) is 1.50. The molecule has 0 bridgehead atoms. The summed E-state index contributed by atoms with van der Waals surface area (Å²) in [7, 11) is 0. The Morgan fingerprint density at radius 3 is 2.79 bits per heavy atom. The van der Waals surface area contributed by atoms with Gasteiger partial charge in [0.2, 0.25) is 5.95 Å². The van der Waals surface area contributed by atoms with Crippen LogP contribution in [-0.4, -0.2) is 54.9 Å². The summed E-state index contributed by atoms with van der Waals surface area (Å²) in [6, 6.07) is 16.1. The number of likely N-dealkylation sites (tertiary alicyclic amines) is 1. The number of aromatic amines is 1. The average Bonchev–Trinajstić information content (AvgIpc) is 3.33. The van der Waals surface area contributed by atoms with Gasteiger partial charge < -0.3 is 15.8 Å². The number of fused-ring (bicyclic) bond motifs is 4. The van der Waals surface area contributed by atoms with Crippen molar-refractivity contribution in [3.8, 4) is 11.4 Å². The van der Waals surface area contributed by atoms with Gasteiger partial charge in [-0.2, -0.15) is 10.1 Å². The largest absolute Gasteiger partial charge is 0.488 e. The number of nitrogens with two attached hydrogens (primary N) is 1. The number of benzene rings is 2. The predicted molar refractivity (Wildman–Crippen MR) is 151 cm³/mol. The molecular formula is C29H30N8O2. The van der Waals surface area contributed by atoms with E-state index in [0.29, 0.717) is 33.6 Å². The third-order valence-corrected chi connectivity index (χ3v) is 7.87. The van der Waals surface area contributed by atoms with E-state index in [2.05, 4.69) is 50.5 Å². The fourth-order valence-electron chi connectivity index (χ4n) is 5.55. The third kappa shape index (κ3) is 4.17. The van der Waals surface area contributed by atoms with Crippen LogP contribution in [0.4, 0.5) is 11.8 Å². The summed E-state index contributed by atoms with van der Waals surface area (Å²) in [6.07, 6.45) is 4.78. The van der Waals surface area contributed by atoms with Gasteiger partial charge in [0.25, 0.3) is 5.56 Å². The van der Waals surface area contributed by atoms with Crippen molar-refractivity contribution in [1.29, 1.82) is 0 Å². The molecule has 0 amide bonds. The first kappa shape index (κ1) is 23.7. The van der Waals surface area contributed by atoms with Crippen LogP contribution in [0.2, 0.25) is 0 Å². The topological polar surface area (TPSA) is 127 Å². The van der Waals surface area contributed by atoms with Gasteiger partial charge in [-0.05, 0) is 68.6 Å². The summed E-state index contributed by atoms with van der Waals surface area (Å²) >= 11 is 0. The minimum Gasteiger partial charge on any atom is -0.488 e. The normalized spacial score (nSPS) is 17.9. The molecule has 2 aliphatic rings. The van der Waals surface area contributed by atoms with Crippen LogP contribution in [0.25, 0.3) is 27.6 Å². The molecule has 5 aromatic rings. The predicted octanol–water partition coefficient (Wildman–Crippen LogP) is 3.64. The van der Waals surface area contributed by atoms with Crippen LogP contribution < -0.4 is 21.3 Å². The zero-order valence-corrected chi connectivity index (χ0v) is 21.7. The first-order chi connectivity index (χ1) is 19.0. The minimum absolute atomic E-state index is 0.0322. The molecular weight excluding hydrogens is 492 g/mol. The fraction of sp³-hybridized carbons (Fsp3) is 0.310. The van der Waals surface area contributed by atoms with Gasteiger partial charge in [-0.15, -0.1) is 0 Å². The Morgan fingerprint density at radius 1 is 1.18 bits per heavy atom. The fourth-order valence-corrected chi connectivity index (χ4v) is 5.55. The van der Waals surface area contributed by atoms with Crippen molar-refractivity contribution in [3.63, 3.8) is 0 Å². The highest BCUT2D eigenvalue weighted by Crippen LogP contribution is 2.30. The van der Waals surface area contributed by atoms with E-state index in [1.54, 1.807) is 10.8 Å².